The smallest absolute Gasteiger partial charge is 0.308 e. The summed E-state index contributed by atoms with van der Waals surface area (Å²) in [7, 11) is 0. The first-order valence-electron chi connectivity index (χ1n) is 9.54. The number of aryl methyl sites for hydroxylation is 1. The number of carboxylic acid groups (broad SMARTS) is 1. The van der Waals surface area contributed by atoms with Gasteiger partial charge in [-0.3, -0.25) is 9.59 Å². The van der Waals surface area contributed by atoms with E-state index in [1.165, 1.54) is 0 Å². The zero-order valence-corrected chi connectivity index (χ0v) is 16.0. The lowest BCUT2D eigenvalue weighted by atomic mass is 9.97. The summed E-state index contributed by atoms with van der Waals surface area (Å²) < 4.78 is 5.77. The number of amides is 1. The van der Waals surface area contributed by atoms with Crippen LogP contribution in [0.25, 0.3) is 22.9 Å². The van der Waals surface area contributed by atoms with Crippen molar-refractivity contribution >= 4 is 11.9 Å². The van der Waals surface area contributed by atoms with Crippen LogP contribution in [0.5, 0.6) is 0 Å². The van der Waals surface area contributed by atoms with Crippen molar-refractivity contribution in [2.45, 2.75) is 19.8 Å². The third-order valence-electron chi connectivity index (χ3n) is 5.16. The van der Waals surface area contributed by atoms with Crippen LogP contribution in [-0.4, -0.2) is 45.2 Å². The van der Waals surface area contributed by atoms with Crippen molar-refractivity contribution in [2.24, 2.45) is 5.92 Å². The van der Waals surface area contributed by atoms with Gasteiger partial charge in [-0.1, -0.05) is 17.7 Å². The summed E-state index contributed by atoms with van der Waals surface area (Å²) in [6.07, 6.45) is 1.31. The molecule has 4 rings (SSSR count). The number of carbonyl (C=O) groups is 2. The Hall–Kier alpha value is -3.48. The van der Waals surface area contributed by atoms with E-state index in [1.54, 1.807) is 29.2 Å². The molecule has 1 amide bonds. The third-order valence-corrected chi connectivity index (χ3v) is 5.16. The highest BCUT2D eigenvalue weighted by atomic mass is 16.4. The number of piperidine rings is 1. The molecule has 1 atom stereocenters. The fraction of sp³-hybridized carbons (Fsp3) is 0.273. The van der Waals surface area contributed by atoms with Crippen LogP contribution in [0.15, 0.2) is 52.9 Å². The van der Waals surface area contributed by atoms with Crippen LogP contribution in [0.3, 0.4) is 0 Å². The van der Waals surface area contributed by atoms with Gasteiger partial charge in [0.1, 0.15) is 0 Å². The average Bonchev–Trinajstić information content (AvgIpc) is 3.24. The van der Waals surface area contributed by atoms with Crippen LogP contribution < -0.4 is 0 Å². The van der Waals surface area contributed by atoms with Crippen molar-refractivity contribution in [2.75, 3.05) is 13.1 Å². The van der Waals surface area contributed by atoms with E-state index >= 15 is 0 Å². The maximum absolute atomic E-state index is 12.7. The molecule has 29 heavy (non-hydrogen) atoms. The van der Waals surface area contributed by atoms with Gasteiger partial charge in [-0.05, 0) is 56.2 Å². The van der Waals surface area contributed by atoms with Crippen molar-refractivity contribution in [1.82, 2.24) is 15.1 Å². The maximum atomic E-state index is 12.7. The maximum Gasteiger partial charge on any atom is 0.308 e. The first kappa shape index (κ1) is 18.9. The number of hydrogen-bond acceptors (Lipinski definition) is 5. The van der Waals surface area contributed by atoms with Crippen molar-refractivity contribution in [1.29, 1.82) is 0 Å². The number of rotatable bonds is 4. The third kappa shape index (κ3) is 4.03. The van der Waals surface area contributed by atoms with Crippen LogP contribution in [0, 0.1) is 12.8 Å². The number of carbonyl (C=O) groups excluding carboxylic acids is 1. The number of aromatic nitrogens is 2. The van der Waals surface area contributed by atoms with Gasteiger partial charge in [0.05, 0.1) is 5.92 Å². The fourth-order valence-corrected chi connectivity index (χ4v) is 3.45. The standard InChI is InChI=1S/C22H21N3O4/c1-14-4-6-15(7-5-14)19-23-24-20(29-19)16-8-10-17(11-9-16)21(26)25-12-2-3-18(13-25)22(27)28/h4-11,18H,2-3,12-13H2,1H3,(H,27,28). The van der Waals surface area contributed by atoms with E-state index in [1.807, 2.05) is 31.2 Å². The van der Waals surface area contributed by atoms with Gasteiger partial charge in [0, 0.05) is 29.8 Å². The van der Waals surface area contributed by atoms with Crippen LogP contribution in [0.4, 0.5) is 0 Å². The molecule has 3 aromatic rings. The molecule has 1 aromatic heterocycles. The normalized spacial score (nSPS) is 16.6. The molecule has 1 N–H and O–H groups in total. The Labute approximate surface area is 168 Å². The lowest BCUT2D eigenvalue weighted by molar-refractivity contribution is -0.143. The van der Waals surface area contributed by atoms with Crippen LogP contribution >= 0.6 is 0 Å². The van der Waals surface area contributed by atoms with Gasteiger partial charge < -0.3 is 14.4 Å². The van der Waals surface area contributed by atoms with E-state index in [4.69, 9.17) is 4.42 Å². The molecule has 1 aliphatic heterocycles. The average molecular weight is 391 g/mol. The first-order valence-corrected chi connectivity index (χ1v) is 9.54. The molecular weight excluding hydrogens is 370 g/mol. The second-order valence-corrected chi connectivity index (χ2v) is 7.28. The number of nitrogens with zero attached hydrogens (tertiary/aromatic N) is 3. The molecule has 0 spiro atoms. The van der Waals surface area contributed by atoms with Gasteiger partial charge in [0.2, 0.25) is 11.8 Å². The van der Waals surface area contributed by atoms with Crippen LogP contribution in [0.1, 0.15) is 28.8 Å². The number of benzene rings is 2. The molecule has 0 aliphatic carbocycles. The number of likely N-dealkylation sites (tertiary alicyclic amines) is 1. The Morgan fingerprint density at radius 2 is 1.59 bits per heavy atom. The predicted molar refractivity (Wildman–Crippen MR) is 106 cm³/mol. The van der Waals surface area contributed by atoms with Crippen molar-refractivity contribution in [3.63, 3.8) is 0 Å². The Balaban J connectivity index is 1.49. The van der Waals surface area contributed by atoms with Crippen LogP contribution in [0.2, 0.25) is 0 Å². The quantitative estimate of drug-likeness (QED) is 0.729. The predicted octanol–water partition coefficient (Wildman–Crippen LogP) is 3.65. The van der Waals surface area contributed by atoms with Gasteiger partial charge in [-0.15, -0.1) is 10.2 Å². The minimum Gasteiger partial charge on any atom is -0.481 e. The van der Waals surface area contributed by atoms with E-state index in [9.17, 15) is 14.7 Å². The Morgan fingerprint density at radius 3 is 2.17 bits per heavy atom. The number of aliphatic carboxylic acids is 1. The zero-order valence-electron chi connectivity index (χ0n) is 16.0. The summed E-state index contributed by atoms with van der Waals surface area (Å²) in [5, 5.41) is 17.4. The molecular formula is C22H21N3O4. The molecule has 1 unspecified atom stereocenters. The van der Waals surface area contributed by atoms with E-state index in [0.717, 1.165) is 16.7 Å². The van der Waals surface area contributed by atoms with Gasteiger partial charge >= 0.3 is 5.97 Å². The summed E-state index contributed by atoms with van der Waals surface area (Å²) in [4.78, 5) is 25.5. The highest BCUT2D eigenvalue weighted by molar-refractivity contribution is 5.95. The summed E-state index contributed by atoms with van der Waals surface area (Å²) in [5.41, 5.74) is 3.23. The van der Waals surface area contributed by atoms with Gasteiger partial charge in [0.15, 0.2) is 0 Å². The highest BCUT2D eigenvalue weighted by Crippen LogP contribution is 2.25. The molecule has 0 radical (unpaired) electrons. The molecule has 7 nitrogen and oxygen atoms in total. The minimum absolute atomic E-state index is 0.159. The largest absolute Gasteiger partial charge is 0.481 e. The number of hydrogen-bond donors (Lipinski definition) is 1. The van der Waals surface area contributed by atoms with Crippen molar-refractivity contribution < 1.29 is 19.1 Å². The van der Waals surface area contributed by atoms with E-state index in [-0.39, 0.29) is 12.5 Å². The summed E-state index contributed by atoms with van der Waals surface area (Å²) in [6.45, 7) is 2.84. The molecule has 2 heterocycles. The Kier molecular flexibility index (Phi) is 5.12. The molecule has 1 saturated heterocycles. The van der Waals surface area contributed by atoms with Crippen molar-refractivity contribution in [3.8, 4) is 22.9 Å². The number of carboxylic acids is 1. The summed E-state index contributed by atoms with van der Waals surface area (Å²) >= 11 is 0. The highest BCUT2D eigenvalue weighted by Gasteiger charge is 2.28. The molecule has 2 aromatic carbocycles. The molecule has 1 fully saturated rings. The van der Waals surface area contributed by atoms with E-state index < -0.39 is 11.9 Å². The van der Waals surface area contributed by atoms with Crippen LogP contribution in [-0.2, 0) is 4.79 Å². The lowest BCUT2D eigenvalue weighted by Gasteiger charge is -2.30. The lowest BCUT2D eigenvalue weighted by Crippen LogP contribution is -2.42. The summed E-state index contributed by atoms with van der Waals surface area (Å²) in [6, 6.07) is 14.8. The molecule has 148 valence electrons. The zero-order chi connectivity index (χ0) is 20.4. The van der Waals surface area contributed by atoms with Gasteiger partial charge in [-0.25, -0.2) is 0 Å². The molecule has 0 bridgehead atoms. The van der Waals surface area contributed by atoms with Crippen molar-refractivity contribution in [3.05, 3.63) is 59.7 Å². The monoisotopic (exact) mass is 391 g/mol. The second-order valence-electron chi connectivity index (χ2n) is 7.28. The molecule has 7 heteroatoms. The van der Waals surface area contributed by atoms with Gasteiger partial charge in [-0.2, -0.15) is 0 Å². The fourth-order valence-electron chi connectivity index (χ4n) is 3.45. The van der Waals surface area contributed by atoms with E-state index in [0.29, 0.717) is 36.7 Å². The minimum atomic E-state index is -0.848. The second kappa shape index (κ2) is 7.87. The molecule has 0 saturated carbocycles. The van der Waals surface area contributed by atoms with Gasteiger partial charge in [0.25, 0.3) is 5.91 Å². The Morgan fingerprint density at radius 1 is 1.00 bits per heavy atom. The SMILES string of the molecule is Cc1ccc(-c2nnc(-c3ccc(C(=O)N4CCCC(C(=O)O)C4)cc3)o2)cc1. The topological polar surface area (TPSA) is 96.5 Å². The Bertz CT molecular complexity index is 1020. The molecule has 1 aliphatic rings. The summed E-state index contributed by atoms with van der Waals surface area (Å²) in [5.74, 6) is -0.686. The first-order chi connectivity index (χ1) is 14.0. The van der Waals surface area contributed by atoms with E-state index in [2.05, 4.69) is 10.2 Å².